The van der Waals surface area contributed by atoms with Gasteiger partial charge < -0.3 is 4.74 Å². The maximum Gasteiger partial charge on any atom is 0.330 e. The van der Waals surface area contributed by atoms with Gasteiger partial charge >= 0.3 is 5.97 Å². The highest BCUT2D eigenvalue weighted by Gasteiger charge is 2.25. The van der Waals surface area contributed by atoms with Crippen LogP contribution in [0.3, 0.4) is 0 Å². The van der Waals surface area contributed by atoms with Crippen LogP contribution in [0.25, 0.3) is 0 Å². The molecule has 0 aromatic carbocycles. The van der Waals surface area contributed by atoms with Crippen LogP contribution >= 0.6 is 0 Å². The van der Waals surface area contributed by atoms with Gasteiger partial charge in [0.05, 0.1) is 14.7 Å². The van der Waals surface area contributed by atoms with Crippen LogP contribution in [0, 0.1) is 0 Å². The summed E-state index contributed by atoms with van der Waals surface area (Å²) in [6, 6.07) is 5.52. The molecule has 0 bridgehead atoms. The lowest BCUT2D eigenvalue weighted by Crippen LogP contribution is -2.30. The van der Waals surface area contributed by atoms with Gasteiger partial charge in [-0.2, -0.15) is 0 Å². The summed E-state index contributed by atoms with van der Waals surface area (Å²) in [7, 11) is -0.964. The van der Waals surface area contributed by atoms with E-state index in [-0.39, 0.29) is 5.97 Å². The molecule has 0 aromatic heterocycles. The highest BCUT2D eigenvalue weighted by atomic mass is 28.3. The molecule has 0 heterocycles. The van der Waals surface area contributed by atoms with Crippen LogP contribution in [0.1, 0.15) is 33.6 Å². The van der Waals surface area contributed by atoms with Gasteiger partial charge in [-0.05, 0) is 6.42 Å². The summed E-state index contributed by atoms with van der Waals surface area (Å²) in [4.78, 5) is 10.8. The fourth-order valence-electron chi connectivity index (χ4n) is 2.11. The Morgan fingerprint density at radius 1 is 1.19 bits per heavy atom. The molecule has 2 nitrogen and oxygen atoms in total. The SMILES string of the molecule is C=CC(=O)OCCCC[Si](CC)(CC)CC. The van der Waals surface area contributed by atoms with Crippen molar-refractivity contribution < 1.29 is 9.53 Å². The largest absolute Gasteiger partial charge is 0.463 e. The lowest BCUT2D eigenvalue weighted by Gasteiger charge is -2.27. The topological polar surface area (TPSA) is 26.3 Å². The molecule has 94 valence electrons. The molecule has 0 rings (SSSR count). The second-order valence-corrected chi connectivity index (χ2v) is 10.0. The monoisotopic (exact) mass is 242 g/mol. The third-order valence-electron chi connectivity index (χ3n) is 3.76. The quantitative estimate of drug-likeness (QED) is 0.264. The van der Waals surface area contributed by atoms with Crippen molar-refractivity contribution in [2.75, 3.05) is 6.61 Å². The average molecular weight is 242 g/mol. The second kappa shape index (κ2) is 8.56. The first-order chi connectivity index (χ1) is 7.64. The van der Waals surface area contributed by atoms with Gasteiger partial charge in [0.2, 0.25) is 0 Å². The number of hydrogen-bond donors (Lipinski definition) is 0. The van der Waals surface area contributed by atoms with Crippen LogP contribution in [0.15, 0.2) is 12.7 Å². The van der Waals surface area contributed by atoms with Gasteiger partial charge in [0, 0.05) is 6.08 Å². The van der Waals surface area contributed by atoms with E-state index >= 15 is 0 Å². The first-order valence-corrected chi connectivity index (χ1v) is 9.26. The van der Waals surface area contributed by atoms with E-state index in [1.165, 1.54) is 36.7 Å². The van der Waals surface area contributed by atoms with Crippen molar-refractivity contribution in [3.8, 4) is 0 Å². The van der Waals surface area contributed by atoms with Crippen molar-refractivity contribution in [2.45, 2.75) is 57.8 Å². The number of hydrogen-bond acceptors (Lipinski definition) is 2. The van der Waals surface area contributed by atoms with Crippen LogP contribution < -0.4 is 0 Å². The minimum atomic E-state index is -0.964. The first kappa shape index (κ1) is 15.4. The van der Waals surface area contributed by atoms with Crippen LogP contribution in [-0.2, 0) is 9.53 Å². The lowest BCUT2D eigenvalue weighted by molar-refractivity contribution is -0.137. The van der Waals surface area contributed by atoms with Gasteiger partial charge in [-0.1, -0.05) is 57.9 Å². The van der Waals surface area contributed by atoms with Gasteiger partial charge in [0.25, 0.3) is 0 Å². The first-order valence-electron chi connectivity index (χ1n) is 6.43. The summed E-state index contributed by atoms with van der Waals surface area (Å²) < 4.78 is 4.97. The highest BCUT2D eigenvalue weighted by molar-refractivity contribution is 6.79. The molecule has 0 amide bonds. The maximum absolute atomic E-state index is 10.8. The Kier molecular flexibility index (Phi) is 8.26. The number of carbonyl (C=O) groups is 1. The molecule has 0 unspecified atom stereocenters. The summed E-state index contributed by atoms with van der Waals surface area (Å²) in [5, 5.41) is 0. The Morgan fingerprint density at radius 3 is 2.19 bits per heavy atom. The third-order valence-corrected chi connectivity index (χ3v) is 9.68. The van der Waals surface area contributed by atoms with Crippen LogP contribution in [0.2, 0.25) is 24.2 Å². The van der Waals surface area contributed by atoms with Crippen molar-refractivity contribution in [1.29, 1.82) is 0 Å². The van der Waals surface area contributed by atoms with Gasteiger partial charge in [-0.25, -0.2) is 4.79 Å². The fourth-order valence-corrected chi connectivity index (χ4v) is 5.67. The Labute approximate surface area is 101 Å². The van der Waals surface area contributed by atoms with E-state index in [4.69, 9.17) is 4.74 Å². The summed E-state index contributed by atoms with van der Waals surface area (Å²) >= 11 is 0. The molecule has 0 aliphatic rings. The Bertz CT molecular complexity index is 202. The zero-order valence-electron chi connectivity index (χ0n) is 11.1. The highest BCUT2D eigenvalue weighted by Crippen LogP contribution is 2.27. The number of ether oxygens (including phenoxy) is 1. The zero-order valence-corrected chi connectivity index (χ0v) is 12.1. The summed E-state index contributed by atoms with van der Waals surface area (Å²) in [6.45, 7) is 10.9. The molecule has 0 aromatic rings. The molecule has 0 saturated carbocycles. The Hall–Kier alpha value is -0.573. The molecule has 0 saturated heterocycles. The number of carbonyl (C=O) groups excluding carboxylic acids is 1. The minimum absolute atomic E-state index is 0.301. The van der Waals surface area contributed by atoms with E-state index in [0.717, 1.165) is 6.42 Å². The van der Waals surface area contributed by atoms with Crippen LogP contribution in [0.4, 0.5) is 0 Å². The van der Waals surface area contributed by atoms with Gasteiger partial charge in [-0.3, -0.25) is 0 Å². The molecule has 0 radical (unpaired) electrons. The predicted molar refractivity (Wildman–Crippen MR) is 72.4 cm³/mol. The van der Waals surface area contributed by atoms with Crippen LogP contribution in [-0.4, -0.2) is 20.7 Å². The summed E-state index contributed by atoms with van der Waals surface area (Å²) in [5.74, 6) is -0.301. The average Bonchev–Trinajstić information content (AvgIpc) is 2.34. The second-order valence-electron chi connectivity index (χ2n) is 4.39. The number of esters is 1. The molecule has 0 N–H and O–H groups in total. The molecule has 0 aliphatic carbocycles. The Balaban J connectivity index is 3.71. The van der Waals surface area contributed by atoms with E-state index in [1.54, 1.807) is 0 Å². The third kappa shape index (κ3) is 5.49. The molecule has 16 heavy (non-hydrogen) atoms. The van der Waals surface area contributed by atoms with E-state index < -0.39 is 8.07 Å². The standard InChI is InChI=1S/C13H26O2Si/c1-5-13(14)15-11-9-10-12-16(6-2,7-3)8-4/h5H,1,6-12H2,2-4H3. The summed E-state index contributed by atoms with van der Waals surface area (Å²) in [5.41, 5.74) is 0. The van der Waals surface area contributed by atoms with Gasteiger partial charge in [0.1, 0.15) is 0 Å². The molecule has 0 spiro atoms. The van der Waals surface area contributed by atoms with E-state index in [0.29, 0.717) is 6.61 Å². The molecule has 3 heteroatoms. The molecule has 0 atom stereocenters. The van der Waals surface area contributed by atoms with Crippen molar-refractivity contribution in [1.82, 2.24) is 0 Å². The van der Waals surface area contributed by atoms with E-state index in [9.17, 15) is 4.79 Å². The van der Waals surface area contributed by atoms with E-state index in [1.807, 2.05) is 0 Å². The zero-order chi connectivity index (χ0) is 12.4. The van der Waals surface area contributed by atoms with Gasteiger partial charge in [-0.15, -0.1) is 0 Å². The van der Waals surface area contributed by atoms with E-state index in [2.05, 4.69) is 27.4 Å². The van der Waals surface area contributed by atoms with Gasteiger partial charge in [0.15, 0.2) is 0 Å². The molecular formula is C13H26O2Si. The number of unbranched alkanes of at least 4 members (excludes halogenated alkanes) is 1. The van der Waals surface area contributed by atoms with Crippen molar-refractivity contribution in [3.63, 3.8) is 0 Å². The summed E-state index contributed by atoms with van der Waals surface area (Å²) in [6.07, 6.45) is 3.42. The normalized spacial score (nSPS) is 11.2. The minimum Gasteiger partial charge on any atom is -0.463 e. The molecule has 0 fully saturated rings. The molecular weight excluding hydrogens is 216 g/mol. The van der Waals surface area contributed by atoms with Crippen LogP contribution in [0.5, 0.6) is 0 Å². The smallest absolute Gasteiger partial charge is 0.330 e. The lowest BCUT2D eigenvalue weighted by atomic mass is 10.3. The Morgan fingerprint density at radius 2 is 1.75 bits per heavy atom. The molecule has 0 aliphatic heterocycles. The van der Waals surface area contributed by atoms with Crippen molar-refractivity contribution in [3.05, 3.63) is 12.7 Å². The predicted octanol–water partition coefficient (Wildman–Crippen LogP) is 4.00. The fraction of sp³-hybridized carbons (Fsp3) is 0.769. The number of rotatable bonds is 9. The maximum atomic E-state index is 10.8. The van der Waals surface area contributed by atoms with Crippen molar-refractivity contribution in [2.24, 2.45) is 0 Å². The van der Waals surface area contributed by atoms with Crippen molar-refractivity contribution >= 4 is 14.0 Å².